The van der Waals surface area contributed by atoms with Gasteiger partial charge in [-0.15, -0.1) is 0 Å². The zero-order valence-corrected chi connectivity index (χ0v) is 19.2. The third-order valence-corrected chi connectivity index (χ3v) is 5.26. The summed E-state index contributed by atoms with van der Waals surface area (Å²) in [5.74, 6) is -3.70. The van der Waals surface area contributed by atoms with E-state index in [1.165, 1.54) is 26.0 Å². The van der Waals surface area contributed by atoms with E-state index in [-0.39, 0.29) is 18.1 Å². The number of nitrogens with two attached hydrogens (primary N) is 1. The van der Waals surface area contributed by atoms with Crippen molar-refractivity contribution in [3.05, 3.63) is 29.8 Å². The molecule has 0 saturated heterocycles. The van der Waals surface area contributed by atoms with Crippen LogP contribution in [0.15, 0.2) is 24.3 Å². The molecular weight excluding hydrogens is 432 g/mol. The predicted molar refractivity (Wildman–Crippen MR) is 120 cm³/mol. The summed E-state index contributed by atoms with van der Waals surface area (Å²) < 4.78 is 0. The molecule has 11 nitrogen and oxygen atoms in total. The van der Waals surface area contributed by atoms with Gasteiger partial charge in [-0.05, 0) is 37.5 Å². The van der Waals surface area contributed by atoms with E-state index in [1.807, 2.05) is 6.92 Å². The van der Waals surface area contributed by atoms with Gasteiger partial charge in [0.15, 0.2) is 6.04 Å². The lowest BCUT2D eigenvalue weighted by atomic mass is 9.96. The highest BCUT2D eigenvalue weighted by Crippen LogP contribution is 2.13. The summed E-state index contributed by atoms with van der Waals surface area (Å²) in [6, 6.07) is 1.30. The van der Waals surface area contributed by atoms with Crippen LogP contribution in [0, 0.1) is 5.92 Å². The number of amides is 3. The molecule has 0 aromatic heterocycles. The SMILES string of the molecule is CCC(C)C(NC(=O)C(C)N)C(=O)NC(Cc1ccc(O)cc1)C(=O)NC(C(=O)O)C(C)O. The first-order valence-electron chi connectivity index (χ1n) is 10.7. The standard InChI is InChI=1S/C22H34N4O7/c1-5-11(2)17(25-19(29)12(3)23)21(31)24-16(10-14-6-8-15(28)9-7-14)20(30)26-18(13(4)27)22(32)33/h6-9,11-13,16-18,27-28H,5,10,23H2,1-4H3,(H,24,31)(H,25,29)(H,26,30)(H,32,33). The Kier molecular flexibility index (Phi) is 10.8. The van der Waals surface area contributed by atoms with Crippen molar-refractivity contribution >= 4 is 23.7 Å². The molecule has 1 rings (SSSR count). The van der Waals surface area contributed by atoms with E-state index in [4.69, 9.17) is 5.73 Å². The number of aliphatic hydroxyl groups excluding tert-OH is 1. The number of aromatic hydroxyl groups is 1. The molecule has 0 spiro atoms. The van der Waals surface area contributed by atoms with Gasteiger partial charge in [-0.25, -0.2) is 4.79 Å². The molecule has 0 heterocycles. The van der Waals surface area contributed by atoms with E-state index in [1.54, 1.807) is 19.1 Å². The van der Waals surface area contributed by atoms with E-state index < -0.39 is 54.0 Å². The molecular formula is C22H34N4O7. The zero-order valence-electron chi connectivity index (χ0n) is 19.2. The molecule has 33 heavy (non-hydrogen) atoms. The Morgan fingerprint density at radius 2 is 1.45 bits per heavy atom. The number of phenols is 1. The van der Waals surface area contributed by atoms with E-state index >= 15 is 0 Å². The topological polar surface area (TPSA) is 191 Å². The van der Waals surface area contributed by atoms with Gasteiger partial charge >= 0.3 is 5.97 Å². The van der Waals surface area contributed by atoms with Gasteiger partial charge in [0.1, 0.15) is 17.8 Å². The van der Waals surface area contributed by atoms with Crippen molar-refractivity contribution in [1.82, 2.24) is 16.0 Å². The number of nitrogens with one attached hydrogen (secondary N) is 3. The average Bonchev–Trinajstić information content (AvgIpc) is 2.75. The lowest BCUT2D eigenvalue weighted by molar-refractivity contribution is -0.145. The lowest BCUT2D eigenvalue weighted by Crippen LogP contribution is -2.59. The molecule has 0 bridgehead atoms. The average molecular weight is 467 g/mol. The van der Waals surface area contributed by atoms with Crippen molar-refractivity contribution in [1.29, 1.82) is 0 Å². The normalized spacial score (nSPS) is 16.4. The second-order valence-electron chi connectivity index (χ2n) is 8.16. The molecule has 0 radical (unpaired) electrons. The molecule has 184 valence electrons. The fourth-order valence-corrected chi connectivity index (χ4v) is 2.97. The fourth-order valence-electron chi connectivity index (χ4n) is 2.97. The third-order valence-electron chi connectivity index (χ3n) is 5.26. The first-order chi connectivity index (χ1) is 15.4. The number of phenolic OH excluding ortho intramolecular Hbond substituents is 1. The number of hydrogen-bond donors (Lipinski definition) is 7. The second kappa shape index (κ2) is 12.8. The van der Waals surface area contributed by atoms with Gasteiger partial charge in [0.25, 0.3) is 0 Å². The van der Waals surface area contributed by atoms with Crippen molar-refractivity contribution in [2.75, 3.05) is 0 Å². The first kappa shape index (κ1) is 27.9. The van der Waals surface area contributed by atoms with Crippen LogP contribution < -0.4 is 21.7 Å². The van der Waals surface area contributed by atoms with Crippen LogP contribution in [0.4, 0.5) is 0 Å². The summed E-state index contributed by atoms with van der Waals surface area (Å²) >= 11 is 0. The number of aliphatic carboxylic acids is 1. The maximum atomic E-state index is 13.1. The minimum absolute atomic E-state index is 0.0132. The van der Waals surface area contributed by atoms with Gasteiger partial charge in [0.05, 0.1) is 12.1 Å². The second-order valence-corrected chi connectivity index (χ2v) is 8.16. The van der Waals surface area contributed by atoms with Gasteiger partial charge in [0.2, 0.25) is 17.7 Å². The number of carbonyl (C=O) groups is 4. The number of rotatable bonds is 12. The Balaban J connectivity index is 3.17. The molecule has 0 aliphatic heterocycles. The Morgan fingerprint density at radius 3 is 1.91 bits per heavy atom. The molecule has 1 aromatic rings. The minimum atomic E-state index is -1.58. The Hall–Kier alpha value is -3.18. The summed E-state index contributed by atoms with van der Waals surface area (Å²) in [5, 5.41) is 35.8. The highest BCUT2D eigenvalue weighted by molar-refractivity contribution is 5.94. The molecule has 0 saturated carbocycles. The van der Waals surface area contributed by atoms with Gasteiger partial charge in [-0.2, -0.15) is 0 Å². The summed E-state index contributed by atoms with van der Waals surface area (Å²) in [5.41, 5.74) is 6.17. The Labute approximate surface area is 192 Å². The number of hydrogen-bond acceptors (Lipinski definition) is 7. The van der Waals surface area contributed by atoms with Crippen molar-refractivity contribution in [3.63, 3.8) is 0 Å². The van der Waals surface area contributed by atoms with E-state index in [0.29, 0.717) is 12.0 Å². The molecule has 8 N–H and O–H groups in total. The molecule has 1 aromatic carbocycles. The third kappa shape index (κ3) is 8.70. The Bertz CT molecular complexity index is 827. The molecule has 6 atom stereocenters. The van der Waals surface area contributed by atoms with E-state index in [2.05, 4.69) is 16.0 Å². The van der Waals surface area contributed by atoms with E-state index in [0.717, 1.165) is 0 Å². The molecule has 0 aliphatic rings. The van der Waals surface area contributed by atoms with Crippen LogP contribution in [0.5, 0.6) is 5.75 Å². The Morgan fingerprint density at radius 1 is 0.909 bits per heavy atom. The van der Waals surface area contributed by atoms with Gasteiger partial charge in [-0.3, -0.25) is 14.4 Å². The molecule has 6 unspecified atom stereocenters. The molecule has 11 heteroatoms. The van der Waals surface area contributed by atoms with E-state index in [9.17, 15) is 34.5 Å². The van der Waals surface area contributed by atoms with Crippen LogP contribution in [-0.2, 0) is 25.6 Å². The lowest BCUT2D eigenvalue weighted by Gasteiger charge is -2.28. The monoisotopic (exact) mass is 466 g/mol. The zero-order chi connectivity index (χ0) is 25.3. The summed E-state index contributed by atoms with van der Waals surface area (Å²) in [7, 11) is 0. The maximum absolute atomic E-state index is 13.1. The van der Waals surface area contributed by atoms with Crippen molar-refractivity contribution < 1.29 is 34.5 Å². The smallest absolute Gasteiger partial charge is 0.328 e. The van der Waals surface area contributed by atoms with Crippen LogP contribution >= 0.6 is 0 Å². The first-order valence-corrected chi connectivity index (χ1v) is 10.7. The number of benzene rings is 1. The highest BCUT2D eigenvalue weighted by Gasteiger charge is 2.33. The summed E-state index contributed by atoms with van der Waals surface area (Å²) in [6.45, 7) is 6.29. The number of carbonyl (C=O) groups excluding carboxylic acids is 3. The van der Waals surface area contributed by atoms with Crippen molar-refractivity contribution in [2.24, 2.45) is 11.7 Å². The summed E-state index contributed by atoms with van der Waals surface area (Å²) in [6.07, 6.45) is -0.858. The molecule has 0 aliphatic carbocycles. The quantitative estimate of drug-likeness (QED) is 0.209. The highest BCUT2D eigenvalue weighted by atomic mass is 16.4. The number of carboxylic acid groups (broad SMARTS) is 1. The van der Waals surface area contributed by atoms with Gasteiger partial charge < -0.3 is 37.0 Å². The number of carboxylic acids is 1. The minimum Gasteiger partial charge on any atom is -0.508 e. The van der Waals surface area contributed by atoms with Crippen molar-refractivity contribution in [3.8, 4) is 5.75 Å². The largest absolute Gasteiger partial charge is 0.508 e. The van der Waals surface area contributed by atoms with Gasteiger partial charge in [0, 0.05) is 6.42 Å². The van der Waals surface area contributed by atoms with Crippen LogP contribution in [-0.4, -0.2) is 69.3 Å². The van der Waals surface area contributed by atoms with Crippen LogP contribution in [0.3, 0.4) is 0 Å². The van der Waals surface area contributed by atoms with Crippen LogP contribution in [0.1, 0.15) is 39.7 Å². The van der Waals surface area contributed by atoms with Crippen molar-refractivity contribution in [2.45, 2.75) is 70.8 Å². The molecule has 3 amide bonds. The van der Waals surface area contributed by atoms with Crippen LogP contribution in [0.25, 0.3) is 0 Å². The van der Waals surface area contributed by atoms with Gasteiger partial charge in [-0.1, -0.05) is 32.4 Å². The predicted octanol–water partition coefficient (Wildman–Crippen LogP) is -0.752. The number of aliphatic hydroxyl groups is 1. The molecule has 0 fully saturated rings. The fraction of sp³-hybridized carbons (Fsp3) is 0.545. The summed E-state index contributed by atoms with van der Waals surface area (Å²) in [4.78, 5) is 49.5. The maximum Gasteiger partial charge on any atom is 0.328 e. The van der Waals surface area contributed by atoms with Crippen LogP contribution in [0.2, 0.25) is 0 Å².